The van der Waals surface area contributed by atoms with Gasteiger partial charge in [0.25, 0.3) is 0 Å². The molecule has 0 saturated heterocycles. The van der Waals surface area contributed by atoms with Gasteiger partial charge >= 0.3 is 0 Å². The summed E-state index contributed by atoms with van der Waals surface area (Å²) in [5.41, 5.74) is 2.66. The molecule has 1 unspecified atom stereocenters. The lowest BCUT2D eigenvalue weighted by Crippen LogP contribution is -2.39. The molecule has 2 aromatic rings. The molecule has 0 aromatic heterocycles. The first kappa shape index (κ1) is 17.8. The SMILES string of the molecule is CN1CCCN(C(=O)C2CC(=O)Nc3cc(F)ccc32)c2cc(Cl)ccc21. The van der Waals surface area contributed by atoms with Gasteiger partial charge in [-0.25, -0.2) is 4.39 Å². The zero-order valence-electron chi connectivity index (χ0n) is 14.8. The van der Waals surface area contributed by atoms with Crippen molar-refractivity contribution in [2.75, 3.05) is 35.3 Å². The highest BCUT2D eigenvalue weighted by Crippen LogP contribution is 2.39. The van der Waals surface area contributed by atoms with E-state index in [1.165, 1.54) is 12.1 Å². The van der Waals surface area contributed by atoms with E-state index < -0.39 is 11.7 Å². The van der Waals surface area contributed by atoms with Crippen molar-refractivity contribution in [1.29, 1.82) is 0 Å². The molecule has 0 bridgehead atoms. The van der Waals surface area contributed by atoms with Crippen molar-refractivity contribution in [3.63, 3.8) is 0 Å². The largest absolute Gasteiger partial charge is 0.373 e. The third kappa shape index (κ3) is 3.25. The number of halogens is 2. The number of carbonyl (C=O) groups excluding carboxylic acids is 2. The maximum Gasteiger partial charge on any atom is 0.235 e. The lowest BCUT2D eigenvalue weighted by Gasteiger charge is -2.31. The van der Waals surface area contributed by atoms with Gasteiger partial charge in [0.1, 0.15) is 5.82 Å². The van der Waals surface area contributed by atoms with Gasteiger partial charge in [0, 0.05) is 37.3 Å². The number of benzene rings is 2. The Kier molecular flexibility index (Phi) is 4.52. The van der Waals surface area contributed by atoms with Gasteiger partial charge in [-0.1, -0.05) is 17.7 Å². The number of fused-ring (bicyclic) bond motifs is 2. The predicted octanol–water partition coefficient (Wildman–Crippen LogP) is 3.78. The molecule has 1 N–H and O–H groups in total. The van der Waals surface area contributed by atoms with Gasteiger partial charge in [-0.3, -0.25) is 9.59 Å². The average Bonchev–Trinajstić information content (AvgIpc) is 2.78. The van der Waals surface area contributed by atoms with E-state index in [0.717, 1.165) is 24.3 Å². The molecule has 2 aliphatic rings. The topological polar surface area (TPSA) is 52.7 Å². The molecule has 1 atom stereocenters. The Bertz CT molecular complexity index is 933. The highest BCUT2D eigenvalue weighted by atomic mass is 35.5. The fourth-order valence-corrected chi connectivity index (χ4v) is 3.98. The van der Waals surface area contributed by atoms with Crippen molar-refractivity contribution in [3.05, 3.63) is 52.8 Å². The number of nitrogens with one attached hydrogen (secondary N) is 1. The van der Waals surface area contributed by atoms with Crippen LogP contribution < -0.4 is 15.1 Å². The van der Waals surface area contributed by atoms with E-state index in [2.05, 4.69) is 10.2 Å². The Morgan fingerprint density at radius 2 is 2.00 bits per heavy atom. The molecular weight excluding hydrogens is 369 g/mol. The zero-order valence-corrected chi connectivity index (χ0v) is 15.6. The predicted molar refractivity (Wildman–Crippen MR) is 104 cm³/mol. The van der Waals surface area contributed by atoms with E-state index in [0.29, 0.717) is 22.8 Å². The first-order valence-corrected chi connectivity index (χ1v) is 9.23. The summed E-state index contributed by atoms with van der Waals surface area (Å²) in [6, 6.07) is 9.64. The first-order valence-electron chi connectivity index (χ1n) is 8.85. The minimum Gasteiger partial charge on any atom is -0.373 e. The third-order valence-electron chi connectivity index (χ3n) is 5.13. The lowest BCUT2D eigenvalue weighted by molar-refractivity contribution is -0.124. The Hall–Kier alpha value is -2.60. The summed E-state index contributed by atoms with van der Waals surface area (Å²) >= 11 is 6.19. The van der Waals surface area contributed by atoms with E-state index in [1.807, 2.05) is 13.1 Å². The van der Waals surface area contributed by atoms with Crippen LogP contribution in [-0.4, -0.2) is 32.0 Å². The van der Waals surface area contributed by atoms with Gasteiger partial charge < -0.3 is 15.1 Å². The highest BCUT2D eigenvalue weighted by molar-refractivity contribution is 6.31. The van der Waals surface area contributed by atoms with Gasteiger partial charge in [-0.15, -0.1) is 0 Å². The number of rotatable bonds is 1. The van der Waals surface area contributed by atoms with Gasteiger partial charge in [0.05, 0.1) is 17.3 Å². The van der Waals surface area contributed by atoms with Crippen LogP contribution in [0.2, 0.25) is 5.02 Å². The molecule has 7 heteroatoms. The van der Waals surface area contributed by atoms with Crippen LogP contribution in [-0.2, 0) is 9.59 Å². The summed E-state index contributed by atoms with van der Waals surface area (Å²) in [6.07, 6.45) is 0.837. The molecule has 0 saturated carbocycles. The fraction of sp³-hybridized carbons (Fsp3) is 0.300. The Labute approximate surface area is 161 Å². The molecule has 27 heavy (non-hydrogen) atoms. The number of carbonyl (C=O) groups is 2. The smallest absolute Gasteiger partial charge is 0.235 e. The highest BCUT2D eigenvalue weighted by Gasteiger charge is 2.35. The Balaban J connectivity index is 1.76. The normalized spacial score (nSPS) is 19.1. The van der Waals surface area contributed by atoms with Crippen LogP contribution in [0, 0.1) is 5.82 Å². The Morgan fingerprint density at radius 3 is 2.81 bits per heavy atom. The van der Waals surface area contributed by atoms with Crippen LogP contribution in [0.1, 0.15) is 24.3 Å². The average molecular weight is 388 g/mol. The lowest BCUT2D eigenvalue weighted by atomic mass is 9.89. The molecule has 2 aromatic carbocycles. The standard InChI is InChI=1S/C20H19ClFN3O2/c1-24-7-2-8-25(18-9-12(21)3-6-17(18)24)20(27)15-11-19(26)23-16-10-13(22)4-5-14(15)16/h3-6,9-10,15H,2,7-8,11H2,1H3,(H,23,26). The molecule has 5 nitrogen and oxygen atoms in total. The second-order valence-electron chi connectivity index (χ2n) is 6.93. The second-order valence-corrected chi connectivity index (χ2v) is 7.37. The van der Waals surface area contributed by atoms with Crippen molar-refractivity contribution in [2.24, 2.45) is 0 Å². The van der Waals surface area contributed by atoms with Crippen LogP contribution >= 0.6 is 11.6 Å². The van der Waals surface area contributed by atoms with Gasteiger partial charge in [-0.05, 0) is 42.3 Å². The van der Waals surface area contributed by atoms with Crippen LogP contribution in [0.4, 0.5) is 21.5 Å². The van der Waals surface area contributed by atoms with E-state index in [-0.39, 0.29) is 18.2 Å². The third-order valence-corrected chi connectivity index (χ3v) is 5.37. The summed E-state index contributed by atoms with van der Waals surface area (Å²) in [5, 5.41) is 3.20. The molecule has 0 spiro atoms. The van der Waals surface area contributed by atoms with E-state index >= 15 is 0 Å². The summed E-state index contributed by atoms with van der Waals surface area (Å²) in [6.45, 7) is 1.34. The number of hydrogen-bond donors (Lipinski definition) is 1. The minimum absolute atomic E-state index is 0.0414. The van der Waals surface area contributed by atoms with E-state index in [4.69, 9.17) is 11.6 Å². The number of amides is 2. The molecular formula is C20H19ClFN3O2. The van der Waals surface area contributed by atoms with Gasteiger partial charge in [0.2, 0.25) is 11.8 Å². The van der Waals surface area contributed by atoms with Crippen molar-refractivity contribution in [3.8, 4) is 0 Å². The maximum absolute atomic E-state index is 13.6. The fourth-order valence-electron chi connectivity index (χ4n) is 3.82. The molecule has 2 heterocycles. The molecule has 2 amide bonds. The monoisotopic (exact) mass is 387 g/mol. The summed E-state index contributed by atoms with van der Waals surface area (Å²) < 4.78 is 13.6. The van der Waals surface area contributed by atoms with Crippen molar-refractivity contribution in [1.82, 2.24) is 0 Å². The maximum atomic E-state index is 13.6. The first-order chi connectivity index (χ1) is 12.9. The molecule has 0 aliphatic carbocycles. The molecule has 0 fully saturated rings. The second kappa shape index (κ2) is 6.85. The van der Waals surface area contributed by atoms with E-state index in [1.54, 1.807) is 23.1 Å². The summed E-state index contributed by atoms with van der Waals surface area (Å²) in [4.78, 5) is 29.4. The van der Waals surface area contributed by atoms with Crippen LogP contribution in [0.25, 0.3) is 0 Å². The molecule has 0 radical (unpaired) electrons. The quantitative estimate of drug-likeness (QED) is 0.810. The van der Waals surface area contributed by atoms with Crippen molar-refractivity contribution >= 4 is 40.5 Å². The summed E-state index contributed by atoms with van der Waals surface area (Å²) in [5.74, 6) is -1.55. The zero-order chi connectivity index (χ0) is 19.1. The summed E-state index contributed by atoms with van der Waals surface area (Å²) in [7, 11) is 1.98. The van der Waals surface area contributed by atoms with E-state index in [9.17, 15) is 14.0 Å². The van der Waals surface area contributed by atoms with Crippen LogP contribution in [0.5, 0.6) is 0 Å². The van der Waals surface area contributed by atoms with Crippen molar-refractivity contribution < 1.29 is 14.0 Å². The Morgan fingerprint density at radius 1 is 1.19 bits per heavy atom. The molecule has 4 rings (SSSR count). The molecule has 140 valence electrons. The minimum atomic E-state index is -0.649. The number of nitrogens with zero attached hydrogens (tertiary/aromatic N) is 2. The van der Waals surface area contributed by atoms with Gasteiger partial charge in [-0.2, -0.15) is 0 Å². The van der Waals surface area contributed by atoms with Crippen molar-refractivity contribution in [2.45, 2.75) is 18.8 Å². The number of anilines is 3. The van der Waals surface area contributed by atoms with Gasteiger partial charge in [0.15, 0.2) is 0 Å². The van der Waals surface area contributed by atoms with Crippen LogP contribution in [0.3, 0.4) is 0 Å². The number of hydrogen-bond acceptors (Lipinski definition) is 3. The molecule has 2 aliphatic heterocycles. The van der Waals surface area contributed by atoms with Crippen LogP contribution in [0.15, 0.2) is 36.4 Å².